The molecule has 0 saturated carbocycles. The van der Waals surface area contributed by atoms with Crippen LogP contribution in [-0.4, -0.2) is 172 Å². The molecule has 77 heavy (non-hydrogen) atoms. The lowest BCUT2D eigenvalue weighted by molar-refractivity contribution is -0.249. The Morgan fingerprint density at radius 1 is 0.909 bits per heavy atom. The van der Waals surface area contributed by atoms with Gasteiger partial charge in [0.15, 0.2) is 17.9 Å². The van der Waals surface area contributed by atoms with Crippen molar-refractivity contribution in [3.05, 3.63) is 81.4 Å². The molecule has 6 rings (SSSR count). The minimum Gasteiger partial charge on any atom is -0.507 e. The summed E-state index contributed by atoms with van der Waals surface area (Å²) in [6.45, 7) is 4.85. The number of hydrogen-bond acceptors (Lipinski definition) is 21. The van der Waals surface area contributed by atoms with Crippen molar-refractivity contribution in [3.63, 3.8) is 0 Å². The molecular weight excluding hydrogens is 1020 g/mol. The molecule has 2 aliphatic carbocycles. The summed E-state index contributed by atoms with van der Waals surface area (Å²) in [5, 5.41) is 79.6. The molecule has 1 heterocycles. The third-order valence-electron chi connectivity index (χ3n) is 13.4. The number of fused-ring (bicyclic) bond motifs is 3. The first-order valence-electron chi connectivity index (χ1n) is 24.4. The average Bonchev–Trinajstić information content (AvgIpc) is 3.50. The standard InChI is InChI=1S/C51H64N6O20/c1-22(53-49(69)41(23(2)58)57-35(61)21-74-15-14-72-5)47(67)55-31(16-34(52)60)48(68)54-27-12-10-26(11-13-27)20-75-50(70)56-30-17-36(76-24(3)42(30)62)77-33-19-51(71,25(4)59)18-29-38(33)46(66)40-39(44(29)64)43(63)28-8-7-9-32(73-6)37(28)45(40)65/h7-13,22-24,30-31,33,36,41-42,49,53,58,62,64,66,69,71H,14-21H2,1-6H3,(H2,52,60)(H,54,68)(H,55,67)(H,56,70)(H,57,61)/t22-,23?,24-,30-,31-,33-,36-,41-,42+,49?,51-/m0/s1. The van der Waals surface area contributed by atoms with E-state index in [0.29, 0.717) is 5.56 Å². The van der Waals surface area contributed by atoms with Gasteiger partial charge in [-0.1, -0.05) is 24.3 Å². The second-order valence-corrected chi connectivity index (χ2v) is 18.9. The Morgan fingerprint density at radius 2 is 1.60 bits per heavy atom. The molecule has 0 aromatic heterocycles. The number of ether oxygens (including phenoxy) is 6. The molecule has 1 saturated heterocycles. The summed E-state index contributed by atoms with van der Waals surface area (Å²) in [5.41, 5.74) is 2.08. The normalized spacial score (nSPS) is 22.6. The van der Waals surface area contributed by atoms with Gasteiger partial charge in [0.05, 0.1) is 79.9 Å². The Hall–Kier alpha value is -7.14. The van der Waals surface area contributed by atoms with Gasteiger partial charge in [-0.25, -0.2) is 4.79 Å². The van der Waals surface area contributed by atoms with Crippen LogP contribution in [0.2, 0.25) is 0 Å². The van der Waals surface area contributed by atoms with Crippen LogP contribution in [0.5, 0.6) is 17.2 Å². The molecule has 3 aromatic carbocycles. The quantitative estimate of drug-likeness (QED) is 0.0244. The Bertz CT molecular complexity index is 2740. The van der Waals surface area contributed by atoms with Crippen molar-refractivity contribution < 1.29 is 97.4 Å². The number of hydrogen-bond donors (Lipinski definition) is 12. The highest BCUT2D eigenvalue weighted by Crippen LogP contribution is 2.52. The number of aliphatic hydroxyl groups excluding tert-OH is 3. The largest absolute Gasteiger partial charge is 0.507 e. The molecule has 0 bridgehead atoms. The van der Waals surface area contributed by atoms with Gasteiger partial charge >= 0.3 is 6.09 Å². The SMILES string of the molecule is COCCOCC(=O)N[C@@H](C(C)O)C(O)N[C@@H](C)C(=O)N[C@@H](CC(N)=O)C(=O)Nc1ccc(COC(=O)N[C@H]2C[C@H](O[C@H]3C[C@](O)(C(C)=O)Cc4c(O)c5c(c(O)c43)C(=O)c3c(OC)cccc3C5=O)O[C@@H](C)[C@H]2O)cc1. The number of anilines is 1. The maximum absolute atomic E-state index is 14.0. The summed E-state index contributed by atoms with van der Waals surface area (Å²) in [7, 11) is 2.74. The Labute approximate surface area is 440 Å². The number of nitrogens with two attached hydrogens (primary N) is 1. The summed E-state index contributed by atoms with van der Waals surface area (Å²) in [6.07, 6.45) is -11.0. The number of carbonyl (C=O) groups excluding carboxylic acids is 8. The Balaban J connectivity index is 1.06. The third-order valence-corrected chi connectivity index (χ3v) is 13.4. The van der Waals surface area contributed by atoms with E-state index >= 15 is 0 Å². The van der Waals surface area contributed by atoms with Gasteiger partial charge in [-0.2, -0.15) is 0 Å². The van der Waals surface area contributed by atoms with Crippen LogP contribution in [0.4, 0.5) is 10.5 Å². The van der Waals surface area contributed by atoms with Gasteiger partial charge in [0, 0.05) is 48.8 Å². The zero-order valence-corrected chi connectivity index (χ0v) is 42.9. The molecule has 13 N–H and O–H groups in total. The predicted octanol–water partition coefficient (Wildman–Crippen LogP) is -0.880. The van der Waals surface area contributed by atoms with Crippen molar-refractivity contribution in [3.8, 4) is 17.2 Å². The van der Waals surface area contributed by atoms with E-state index in [1.807, 2.05) is 0 Å². The predicted molar refractivity (Wildman–Crippen MR) is 265 cm³/mol. The zero-order chi connectivity index (χ0) is 56.6. The minimum atomic E-state index is -2.19. The second-order valence-electron chi connectivity index (χ2n) is 18.9. The number of alkyl carbamates (subject to hydrolysis) is 1. The maximum atomic E-state index is 14.0. The first-order chi connectivity index (χ1) is 36.4. The maximum Gasteiger partial charge on any atom is 0.407 e. The molecule has 1 fully saturated rings. The van der Waals surface area contributed by atoms with Gasteiger partial charge in [-0.05, 0) is 51.5 Å². The topological polar surface area (TPSA) is 399 Å². The fraction of sp³-hybridized carbons (Fsp3) is 0.490. The van der Waals surface area contributed by atoms with E-state index in [-0.39, 0.29) is 59.9 Å². The molecule has 11 atom stereocenters. The number of phenolic OH excluding ortho intramolecular Hbond substituents is 2. The number of Topliss-reactive ketones (excluding diaryl/α,β-unsaturated/α-hetero) is 1. The van der Waals surface area contributed by atoms with Crippen LogP contribution < -0.4 is 37.1 Å². The number of phenols is 2. The van der Waals surface area contributed by atoms with Crippen LogP contribution >= 0.6 is 0 Å². The number of nitrogens with one attached hydrogen (secondary N) is 5. The average molecular weight is 1080 g/mol. The first-order valence-corrected chi connectivity index (χ1v) is 24.4. The van der Waals surface area contributed by atoms with E-state index in [1.165, 1.54) is 77.5 Å². The molecule has 0 spiro atoms. The Morgan fingerprint density at radius 3 is 2.23 bits per heavy atom. The van der Waals surface area contributed by atoms with Gasteiger partial charge < -0.3 is 86.1 Å². The third kappa shape index (κ3) is 13.7. The van der Waals surface area contributed by atoms with E-state index < -0.39 is 162 Å². The highest BCUT2D eigenvalue weighted by atomic mass is 16.7. The second kappa shape index (κ2) is 25.3. The fourth-order valence-corrected chi connectivity index (χ4v) is 9.16. The van der Waals surface area contributed by atoms with E-state index in [0.717, 1.165) is 6.92 Å². The molecule has 3 aliphatic rings. The van der Waals surface area contributed by atoms with Crippen molar-refractivity contribution in [1.82, 2.24) is 21.3 Å². The summed E-state index contributed by atoms with van der Waals surface area (Å²) in [6, 6.07) is 5.01. The molecule has 26 nitrogen and oxygen atoms in total. The van der Waals surface area contributed by atoms with Crippen molar-refractivity contribution in [1.29, 1.82) is 0 Å². The number of aliphatic hydroxyl groups is 4. The van der Waals surface area contributed by atoms with Crippen molar-refractivity contribution in [2.24, 2.45) is 5.73 Å². The van der Waals surface area contributed by atoms with E-state index in [1.54, 1.807) is 0 Å². The molecule has 418 valence electrons. The molecular formula is C51H64N6O20. The van der Waals surface area contributed by atoms with Crippen molar-refractivity contribution in [2.75, 3.05) is 39.4 Å². The number of methoxy groups -OCH3 is 2. The number of ketones is 3. The van der Waals surface area contributed by atoms with E-state index in [2.05, 4.69) is 26.6 Å². The summed E-state index contributed by atoms with van der Waals surface area (Å²) in [4.78, 5) is 105. The van der Waals surface area contributed by atoms with Crippen LogP contribution in [-0.2, 0) is 60.7 Å². The number of aromatic hydroxyl groups is 2. The lowest BCUT2D eigenvalue weighted by Crippen LogP contribution is -2.60. The number of amides is 5. The highest BCUT2D eigenvalue weighted by molar-refractivity contribution is 6.31. The van der Waals surface area contributed by atoms with Crippen LogP contribution in [0, 0.1) is 0 Å². The number of primary amides is 1. The van der Waals surface area contributed by atoms with Gasteiger partial charge in [-0.3, -0.25) is 38.9 Å². The number of rotatable bonds is 23. The van der Waals surface area contributed by atoms with E-state index in [4.69, 9.17) is 34.2 Å². The van der Waals surface area contributed by atoms with Crippen LogP contribution in [0.25, 0.3) is 0 Å². The van der Waals surface area contributed by atoms with E-state index in [9.17, 15) is 69.0 Å². The summed E-state index contributed by atoms with van der Waals surface area (Å²) < 4.78 is 32.9. The highest BCUT2D eigenvalue weighted by Gasteiger charge is 2.50. The lowest BCUT2D eigenvalue weighted by atomic mass is 9.72. The van der Waals surface area contributed by atoms with Crippen molar-refractivity contribution >= 4 is 52.8 Å². The summed E-state index contributed by atoms with van der Waals surface area (Å²) >= 11 is 0. The molecule has 0 radical (unpaired) electrons. The molecule has 2 unspecified atom stereocenters. The molecule has 1 aliphatic heterocycles. The van der Waals surface area contributed by atoms with Gasteiger partial charge in [0.2, 0.25) is 29.4 Å². The van der Waals surface area contributed by atoms with Crippen molar-refractivity contribution in [2.45, 2.75) is 127 Å². The van der Waals surface area contributed by atoms with Gasteiger partial charge in [0.1, 0.15) is 54.4 Å². The smallest absolute Gasteiger partial charge is 0.407 e. The number of carbonyl (C=O) groups is 8. The lowest BCUT2D eigenvalue weighted by Gasteiger charge is -2.42. The minimum absolute atomic E-state index is 0.0396. The first kappa shape index (κ1) is 59.1. The Kier molecular flexibility index (Phi) is 19.5. The van der Waals surface area contributed by atoms with Crippen LogP contribution in [0.1, 0.15) is 102 Å². The fourth-order valence-electron chi connectivity index (χ4n) is 9.16. The van der Waals surface area contributed by atoms with Gasteiger partial charge in [-0.15, -0.1) is 0 Å². The van der Waals surface area contributed by atoms with Crippen LogP contribution in [0.3, 0.4) is 0 Å². The molecule has 26 heteroatoms. The summed E-state index contributed by atoms with van der Waals surface area (Å²) in [5.74, 6) is -7.13. The monoisotopic (exact) mass is 1080 g/mol. The molecule has 3 aromatic rings. The zero-order valence-electron chi connectivity index (χ0n) is 42.9. The van der Waals surface area contributed by atoms with Gasteiger partial charge in [0.25, 0.3) is 0 Å². The van der Waals surface area contributed by atoms with Crippen LogP contribution in [0.15, 0.2) is 42.5 Å². The molecule has 5 amide bonds. The number of benzene rings is 3.